The molecule has 0 aromatic rings. The van der Waals surface area contributed by atoms with Crippen LogP contribution in [0.1, 0.15) is 26.2 Å². The monoisotopic (exact) mass is 152 g/mol. The molecule has 62 valence electrons. The van der Waals surface area contributed by atoms with E-state index in [0.717, 1.165) is 19.3 Å². The molecule has 2 unspecified atom stereocenters. The standard InChI is InChI=1S/C10H16O/c1-2-3-4-6-9-7-5-8-10(9)11/h3-5,7,9-11H,2,6,8H2,1H3/b4-3+. The molecule has 2 atom stereocenters. The van der Waals surface area contributed by atoms with Gasteiger partial charge in [-0.1, -0.05) is 31.2 Å². The van der Waals surface area contributed by atoms with Crippen LogP contribution in [-0.2, 0) is 0 Å². The zero-order valence-electron chi connectivity index (χ0n) is 7.03. The van der Waals surface area contributed by atoms with Crippen LogP contribution in [-0.4, -0.2) is 11.2 Å². The summed E-state index contributed by atoms with van der Waals surface area (Å²) in [5, 5.41) is 9.39. The normalized spacial score (nSPS) is 30.4. The van der Waals surface area contributed by atoms with E-state index in [9.17, 15) is 5.11 Å². The second-order valence-corrected chi connectivity index (χ2v) is 3.01. The Morgan fingerprint density at radius 3 is 2.91 bits per heavy atom. The molecule has 0 aromatic carbocycles. The minimum atomic E-state index is -0.128. The van der Waals surface area contributed by atoms with E-state index in [0.29, 0.717) is 5.92 Å². The molecule has 0 saturated heterocycles. The Morgan fingerprint density at radius 2 is 2.36 bits per heavy atom. The largest absolute Gasteiger partial charge is 0.392 e. The zero-order chi connectivity index (χ0) is 8.10. The summed E-state index contributed by atoms with van der Waals surface area (Å²) in [6.07, 6.45) is 11.3. The van der Waals surface area contributed by atoms with E-state index in [1.54, 1.807) is 0 Å². The number of aliphatic hydroxyl groups excluding tert-OH is 1. The fourth-order valence-corrected chi connectivity index (χ4v) is 1.35. The lowest BCUT2D eigenvalue weighted by Gasteiger charge is -2.09. The highest BCUT2D eigenvalue weighted by Gasteiger charge is 2.17. The van der Waals surface area contributed by atoms with Crippen molar-refractivity contribution in [2.45, 2.75) is 32.3 Å². The van der Waals surface area contributed by atoms with Crippen molar-refractivity contribution in [1.29, 1.82) is 0 Å². The summed E-state index contributed by atoms with van der Waals surface area (Å²) in [5.74, 6) is 0.373. The predicted molar refractivity (Wildman–Crippen MR) is 47.3 cm³/mol. The van der Waals surface area contributed by atoms with Crippen molar-refractivity contribution in [3.05, 3.63) is 24.3 Å². The molecule has 1 aliphatic rings. The molecule has 0 radical (unpaired) electrons. The van der Waals surface area contributed by atoms with Gasteiger partial charge in [0.15, 0.2) is 0 Å². The van der Waals surface area contributed by atoms with E-state index in [-0.39, 0.29) is 6.10 Å². The summed E-state index contributed by atoms with van der Waals surface area (Å²) in [4.78, 5) is 0. The molecular weight excluding hydrogens is 136 g/mol. The summed E-state index contributed by atoms with van der Waals surface area (Å²) in [6.45, 7) is 2.12. The van der Waals surface area contributed by atoms with E-state index in [1.807, 2.05) is 0 Å². The third-order valence-electron chi connectivity index (χ3n) is 2.07. The van der Waals surface area contributed by atoms with E-state index in [1.165, 1.54) is 0 Å². The third kappa shape index (κ3) is 2.51. The van der Waals surface area contributed by atoms with Gasteiger partial charge < -0.3 is 5.11 Å². The summed E-state index contributed by atoms with van der Waals surface area (Å²) < 4.78 is 0. The first-order chi connectivity index (χ1) is 5.34. The van der Waals surface area contributed by atoms with Crippen LogP contribution in [0, 0.1) is 5.92 Å². The summed E-state index contributed by atoms with van der Waals surface area (Å²) >= 11 is 0. The molecule has 0 bridgehead atoms. The number of rotatable bonds is 3. The van der Waals surface area contributed by atoms with Crippen LogP contribution in [0.3, 0.4) is 0 Å². The molecule has 0 amide bonds. The number of allylic oxidation sites excluding steroid dienone is 2. The van der Waals surface area contributed by atoms with Gasteiger partial charge in [0.2, 0.25) is 0 Å². The molecule has 1 N–H and O–H groups in total. The Kier molecular flexibility index (Phi) is 3.37. The summed E-state index contributed by atoms with van der Waals surface area (Å²) in [7, 11) is 0. The Bertz CT molecular complexity index is 158. The van der Waals surface area contributed by atoms with E-state index in [4.69, 9.17) is 0 Å². The van der Waals surface area contributed by atoms with Gasteiger partial charge in [-0.25, -0.2) is 0 Å². The van der Waals surface area contributed by atoms with E-state index < -0.39 is 0 Å². The second kappa shape index (κ2) is 4.35. The van der Waals surface area contributed by atoms with E-state index in [2.05, 4.69) is 31.2 Å². The van der Waals surface area contributed by atoms with Crippen LogP contribution >= 0.6 is 0 Å². The summed E-state index contributed by atoms with van der Waals surface area (Å²) in [5.41, 5.74) is 0. The fourth-order valence-electron chi connectivity index (χ4n) is 1.35. The van der Waals surface area contributed by atoms with Gasteiger partial charge in [0.05, 0.1) is 6.10 Å². The van der Waals surface area contributed by atoms with Gasteiger partial charge in [-0.05, 0) is 19.3 Å². The Labute approximate surface area is 68.4 Å². The second-order valence-electron chi connectivity index (χ2n) is 3.01. The molecule has 0 saturated carbocycles. The van der Waals surface area contributed by atoms with Crippen molar-refractivity contribution in [2.24, 2.45) is 5.92 Å². The van der Waals surface area contributed by atoms with Gasteiger partial charge in [-0.2, -0.15) is 0 Å². The lowest BCUT2D eigenvalue weighted by atomic mass is 10.0. The zero-order valence-corrected chi connectivity index (χ0v) is 7.03. The van der Waals surface area contributed by atoms with Gasteiger partial charge in [-0.15, -0.1) is 0 Å². The number of hydrogen-bond acceptors (Lipinski definition) is 1. The molecule has 1 nitrogen and oxygen atoms in total. The summed E-state index contributed by atoms with van der Waals surface area (Å²) in [6, 6.07) is 0. The molecule has 0 spiro atoms. The molecule has 1 aliphatic carbocycles. The maximum absolute atomic E-state index is 9.39. The van der Waals surface area contributed by atoms with Crippen molar-refractivity contribution in [2.75, 3.05) is 0 Å². The smallest absolute Gasteiger partial charge is 0.0640 e. The average molecular weight is 152 g/mol. The van der Waals surface area contributed by atoms with Crippen molar-refractivity contribution in [3.8, 4) is 0 Å². The molecule has 11 heavy (non-hydrogen) atoms. The van der Waals surface area contributed by atoms with Crippen molar-refractivity contribution in [1.82, 2.24) is 0 Å². The van der Waals surface area contributed by atoms with Crippen LogP contribution in [0.15, 0.2) is 24.3 Å². The lowest BCUT2D eigenvalue weighted by molar-refractivity contribution is 0.144. The van der Waals surface area contributed by atoms with Crippen LogP contribution in [0.4, 0.5) is 0 Å². The Morgan fingerprint density at radius 1 is 1.55 bits per heavy atom. The highest BCUT2D eigenvalue weighted by Crippen LogP contribution is 2.21. The Hall–Kier alpha value is -0.560. The molecule has 0 aliphatic heterocycles. The molecule has 0 fully saturated rings. The first kappa shape index (κ1) is 8.54. The van der Waals surface area contributed by atoms with Crippen molar-refractivity contribution < 1.29 is 5.11 Å². The maximum Gasteiger partial charge on any atom is 0.0640 e. The van der Waals surface area contributed by atoms with Gasteiger partial charge >= 0.3 is 0 Å². The van der Waals surface area contributed by atoms with Crippen LogP contribution in [0.5, 0.6) is 0 Å². The van der Waals surface area contributed by atoms with Gasteiger partial charge in [0.1, 0.15) is 0 Å². The quantitative estimate of drug-likeness (QED) is 0.615. The minimum Gasteiger partial charge on any atom is -0.392 e. The van der Waals surface area contributed by atoms with Crippen LogP contribution in [0.25, 0.3) is 0 Å². The topological polar surface area (TPSA) is 20.2 Å². The van der Waals surface area contributed by atoms with Gasteiger partial charge in [0.25, 0.3) is 0 Å². The SMILES string of the molecule is CC/C=C/CC1C=CCC1O. The Balaban J connectivity index is 2.25. The number of hydrogen-bond donors (Lipinski definition) is 1. The average Bonchev–Trinajstić information content (AvgIpc) is 2.37. The van der Waals surface area contributed by atoms with Crippen LogP contribution in [0.2, 0.25) is 0 Å². The lowest BCUT2D eigenvalue weighted by Crippen LogP contribution is -2.12. The van der Waals surface area contributed by atoms with Crippen LogP contribution < -0.4 is 0 Å². The third-order valence-corrected chi connectivity index (χ3v) is 2.07. The molecule has 1 heteroatoms. The molecule has 1 rings (SSSR count). The van der Waals surface area contributed by atoms with Crippen molar-refractivity contribution in [3.63, 3.8) is 0 Å². The number of aliphatic hydroxyl groups is 1. The molecule has 0 heterocycles. The molecule has 0 aromatic heterocycles. The maximum atomic E-state index is 9.39. The minimum absolute atomic E-state index is 0.128. The van der Waals surface area contributed by atoms with Crippen molar-refractivity contribution >= 4 is 0 Å². The first-order valence-corrected chi connectivity index (χ1v) is 4.34. The predicted octanol–water partition coefficient (Wildman–Crippen LogP) is 2.28. The van der Waals surface area contributed by atoms with Gasteiger partial charge in [0, 0.05) is 5.92 Å². The van der Waals surface area contributed by atoms with Gasteiger partial charge in [-0.3, -0.25) is 0 Å². The molecular formula is C10H16O. The highest BCUT2D eigenvalue weighted by molar-refractivity contribution is 5.04. The highest BCUT2D eigenvalue weighted by atomic mass is 16.3. The van der Waals surface area contributed by atoms with E-state index >= 15 is 0 Å². The first-order valence-electron chi connectivity index (χ1n) is 4.34. The fraction of sp³-hybridized carbons (Fsp3) is 0.600.